The van der Waals surface area contributed by atoms with E-state index in [1.807, 2.05) is 25.1 Å². The molecule has 0 spiro atoms. The maximum atomic E-state index is 4.50. The van der Waals surface area contributed by atoms with Crippen LogP contribution >= 0.6 is 0 Å². The number of anilines is 2. The van der Waals surface area contributed by atoms with Crippen molar-refractivity contribution in [3.63, 3.8) is 0 Å². The molecule has 0 aliphatic heterocycles. The molecular formula is C16H23N5. The summed E-state index contributed by atoms with van der Waals surface area (Å²) in [6.45, 7) is 8.03. The van der Waals surface area contributed by atoms with E-state index in [0.29, 0.717) is 18.4 Å². The minimum atomic E-state index is 0.652. The van der Waals surface area contributed by atoms with Crippen LogP contribution in [-0.2, 0) is 6.54 Å². The second-order valence-corrected chi connectivity index (χ2v) is 5.54. The first kappa shape index (κ1) is 15.2. The molecule has 5 nitrogen and oxygen atoms in total. The van der Waals surface area contributed by atoms with Crippen molar-refractivity contribution in [1.82, 2.24) is 15.0 Å². The third kappa shape index (κ3) is 5.38. The summed E-state index contributed by atoms with van der Waals surface area (Å²) in [7, 11) is 0. The lowest BCUT2D eigenvalue weighted by Gasteiger charge is -2.11. The van der Waals surface area contributed by atoms with Gasteiger partial charge in [0, 0.05) is 37.2 Å². The number of nitrogens with zero attached hydrogens (tertiary/aromatic N) is 3. The molecule has 0 amide bonds. The van der Waals surface area contributed by atoms with Crippen molar-refractivity contribution >= 4 is 11.8 Å². The highest BCUT2D eigenvalue weighted by Gasteiger charge is 2.02. The minimum absolute atomic E-state index is 0.652. The van der Waals surface area contributed by atoms with Crippen LogP contribution in [-0.4, -0.2) is 21.5 Å². The maximum absolute atomic E-state index is 4.50. The van der Waals surface area contributed by atoms with Crippen LogP contribution in [0, 0.1) is 12.8 Å². The second kappa shape index (κ2) is 7.57. The first-order valence-electron chi connectivity index (χ1n) is 7.36. The molecule has 0 saturated carbocycles. The Bertz CT molecular complexity index is 554. The second-order valence-electron chi connectivity index (χ2n) is 5.54. The molecule has 2 heterocycles. The number of aryl methyl sites for hydroxylation is 1. The summed E-state index contributed by atoms with van der Waals surface area (Å²) < 4.78 is 0. The molecule has 112 valence electrons. The monoisotopic (exact) mass is 285 g/mol. The van der Waals surface area contributed by atoms with E-state index < -0.39 is 0 Å². The van der Waals surface area contributed by atoms with E-state index in [0.717, 1.165) is 30.0 Å². The van der Waals surface area contributed by atoms with Crippen molar-refractivity contribution in [3.05, 3.63) is 41.9 Å². The van der Waals surface area contributed by atoms with Gasteiger partial charge in [0.25, 0.3) is 0 Å². The highest BCUT2D eigenvalue weighted by Crippen LogP contribution is 2.11. The molecular weight excluding hydrogens is 262 g/mol. The summed E-state index contributed by atoms with van der Waals surface area (Å²) in [6.07, 6.45) is 4.70. The molecule has 0 aliphatic carbocycles. The van der Waals surface area contributed by atoms with Gasteiger partial charge >= 0.3 is 0 Å². The number of rotatable bonds is 7. The van der Waals surface area contributed by atoms with Crippen LogP contribution in [0.2, 0.25) is 0 Å². The van der Waals surface area contributed by atoms with Gasteiger partial charge < -0.3 is 10.6 Å². The molecule has 0 radical (unpaired) electrons. The summed E-state index contributed by atoms with van der Waals surface area (Å²) in [5.41, 5.74) is 2.11. The zero-order valence-corrected chi connectivity index (χ0v) is 12.9. The summed E-state index contributed by atoms with van der Waals surface area (Å²) in [5, 5.41) is 6.61. The molecule has 0 bridgehead atoms. The topological polar surface area (TPSA) is 62.7 Å². The van der Waals surface area contributed by atoms with Gasteiger partial charge in [-0.15, -0.1) is 0 Å². The summed E-state index contributed by atoms with van der Waals surface area (Å²) in [6, 6.07) is 5.92. The molecule has 0 atom stereocenters. The molecule has 5 heteroatoms. The van der Waals surface area contributed by atoms with Gasteiger partial charge in [-0.2, -0.15) is 4.98 Å². The summed E-state index contributed by atoms with van der Waals surface area (Å²) in [4.78, 5) is 12.9. The average molecular weight is 285 g/mol. The van der Waals surface area contributed by atoms with Gasteiger partial charge in [0.1, 0.15) is 5.82 Å². The van der Waals surface area contributed by atoms with Crippen LogP contribution in [0.4, 0.5) is 11.8 Å². The van der Waals surface area contributed by atoms with Gasteiger partial charge in [-0.3, -0.25) is 4.98 Å². The van der Waals surface area contributed by atoms with Gasteiger partial charge in [0.15, 0.2) is 0 Å². The molecule has 21 heavy (non-hydrogen) atoms. The van der Waals surface area contributed by atoms with Gasteiger partial charge in [0.2, 0.25) is 5.95 Å². The van der Waals surface area contributed by atoms with E-state index in [4.69, 9.17) is 0 Å². The number of hydrogen-bond acceptors (Lipinski definition) is 5. The fourth-order valence-electron chi connectivity index (χ4n) is 1.91. The van der Waals surface area contributed by atoms with Crippen LogP contribution in [0.1, 0.15) is 31.5 Å². The van der Waals surface area contributed by atoms with E-state index in [-0.39, 0.29) is 0 Å². The lowest BCUT2D eigenvalue weighted by atomic mass is 10.1. The van der Waals surface area contributed by atoms with Crippen molar-refractivity contribution in [2.24, 2.45) is 5.92 Å². The minimum Gasteiger partial charge on any atom is -0.370 e. The predicted molar refractivity (Wildman–Crippen MR) is 86.3 cm³/mol. The van der Waals surface area contributed by atoms with Gasteiger partial charge in [-0.1, -0.05) is 13.8 Å². The SMILES string of the molecule is Cc1cc(NCCC(C)C)nc(NCc2ccncc2)n1. The first-order chi connectivity index (χ1) is 10.1. The molecule has 0 unspecified atom stereocenters. The smallest absolute Gasteiger partial charge is 0.225 e. The highest BCUT2D eigenvalue weighted by atomic mass is 15.1. The van der Waals surface area contributed by atoms with Crippen molar-refractivity contribution in [3.8, 4) is 0 Å². The molecule has 2 rings (SSSR count). The Hall–Kier alpha value is -2.17. The van der Waals surface area contributed by atoms with E-state index in [1.54, 1.807) is 12.4 Å². The van der Waals surface area contributed by atoms with Gasteiger partial charge in [-0.25, -0.2) is 4.98 Å². The van der Waals surface area contributed by atoms with Crippen molar-refractivity contribution in [2.75, 3.05) is 17.2 Å². The van der Waals surface area contributed by atoms with E-state index in [1.165, 1.54) is 0 Å². The quantitative estimate of drug-likeness (QED) is 0.817. The Morgan fingerprint density at radius 3 is 2.57 bits per heavy atom. The Morgan fingerprint density at radius 1 is 1.10 bits per heavy atom. The average Bonchev–Trinajstić information content (AvgIpc) is 2.45. The summed E-state index contributed by atoms with van der Waals surface area (Å²) in [5.74, 6) is 2.21. The van der Waals surface area contributed by atoms with Gasteiger partial charge in [0.05, 0.1) is 0 Å². The van der Waals surface area contributed by atoms with Crippen molar-refractivity contribution < 1.29 is 0 Å². The number of hydrogen-bond donors (Lipinski definition) is 2. The van der Waals surface area contributed by atoms with Crippen LogP contribution in [0.25, 0.3) is 0 Å². The number of pyridine rings is 1. The van der Waals surface area contributed by atoms with Crippen LogP contribution < -0.4 is 10.6 Å². The zero-order chi connectivity index (χ0) is 15.1. The van der Waals surface area contributed by atoms with Crippen LogP contribution in [0.3, 0.4) is 0 Å². The number of nitrogens with one attached hydrogen (secondary N) is 2. The Labute approximate surface area is 126 Å². The molecule has 2 aromatic heterocycles. The maximum Gasteiger partial charge on any atom is 0.225 e. The fourth-order valence-corrected chi connectivity index (χ4v) is 1.91. The van der Waals surface area contributed by atoms with E-state index in [9.17, 15) is 0 Å². The largest absolute Gasteiger partial charge is 0.370 e. The lowest BCUT2D eigenvalue weighted by molar-refractivity contribution is 0.606. The van der Waals surface area contributed by atoms with Gasteiger partial charge in [-0.05, 0) is 37.0 Å². The first-order valence-corrected chi connectivity index (χ1v) is 7.36. The molecule has 0 saturated heterocycles. The predicted octanol–water partition coefficient (Wildman–Crippen LogP) is 3.25. The Morgan fingerprint density at radius 2 is 1.86 bits per heavy atom. The van der Waals surface area contributed by atoms with Crippen LogP contribution in [0.5, 0.6) is 0 Å². The molecule has 0 fully saturated rings. The summed E-state index contributed by atoms with van der Waals surface area (Å²) >= 11 is 0. The zero-order valence-electron chi connectivity index (χ0n) is 12.9. The third-order valence-corrected chi connectivity index (χ3v) is 3.08. The Kier molecular flexibility index (Phi) is 5.49. The highest BCUT2D eigenvalue weighted by molar-refractivity contribution is 5.42. The molecule has 2 N–H and O–H groups in total. The number of aromatic nitrogens is 3. The lowest BCUT2D eigenvalue weighted by Crippen LogP contribution is -2.10. The van der Waals surface area contributed by atoms with Crippen molar-refractivity contribution in [2.45, 2.75) is 33.7 Å². The van der Waals surface area contributed by atoms with Crippen molar-refractivity contribution in [1.29, 1.82) is 0 Å². The van der Waals surface area contributed by atoms with E-state index >= 15 is 0 Å². The molecule has 2 aromatic rings. The molecule has 0 aromatic carbocycles. The third-order valence-electron chi connectivity index (χ3n) is 3.08. The van der Waals surface area contributed by atoms with E-state index in [2.05, 4.69) is 39.4 Å². The Balaban J connectivity index is 1.94. The molecule has 0 aliphatic rings. The normalized spacial score (nSPS) is 10.7. The standard InChI is InChI=1S/C16H23N5/c1-12(2)4-9-18-15-10-13(3)20-16(21-15)19-11-14-5-7-17-8-6-14/h5-8,10,12H,4,9,11H2,1-3H3,(H2,18,19,20,21). The van der Waals surface area contributed by atoms with Crippen LogP contribution in [0.15, 0.2) is 30.6 Å². The fraction of sp³-hybridized carbons (Fsp3) is 0.438.